The van der Waals surface area contributed by atoms with Gasteiger partial charge in [-0.05, 0) is 72.4 Å². The van der Waals surface area contributed by atoms with Gasteiger partial charge < -0.3 is 68.9 Å². The van der Waals surface area contributed by atoms with E-state index in [9.17, 15) is 59.1 Å². The minimum Gasteiger partial charge on any atom is -0.508 e. The van der Waals surface area contributed by atoms with Gasteiger partial charge in [-0.1, -0.05) is 41.6 Å². The largest absolute Gasteiger partial charge is 0.508 e. The van der Waals surface area contributed by atoms with Crippen LogP contribution in [0.5, 0.6) is 17.2 Å². The van der Waals surface area contributed by atoms with Crippen molar-refractivity contribution in [2.24, 2.45) is 11.5 Å². The number of nitrogens with two attached hydrogens (primary N) is 2. The minimum absolute atomic E-state index is 0.0590. The molecule has 7 amide bonds. The molecular formula is C44H55N11O12. The number of carbonyl (C=O) groups is 7. The van der Waals surface area contributed by atoms with Crippen molar-refractivity contribution in [3.05, 3.63) is 101 Å². The molecule has 7 atom stereocenters. The maximum atomic E-state index is 14.3. The molecule has 1 aromatic heterocycles. The number of aliphatic hydroxyl groups is 2. The number of nitrogens with one attached hydrogen (secondary N) is 6. The second-order valence-electron chi connectivity index (χ2n) is 16.0. The summed E-state index contributed by atoms with van der Waals surface area (Å²) in [5.74, 6) is -6.84. The van der Waals surface area contributed by atoms with Gasteiger partial charge in [0.1, 0.15) is 53.5 Å². The third-order valence-corrected chi connectivity index (χ3v) is 10.8. The van der Waals surface area contributed by atoms with Gasteiger partial charge in [-0.2, -0.15) is 0 Å². The minimum atomic E-state index is -1.72. The van der Waals surface area contributed by atoms with Crippen LogP contribution in [0.2, 0.25) is 0 Å². The molecule has 15 N–H and O–H groups in total. The number of nitrogens with zero attached hydrogens (tertiary/aromatic N) is 3. The Morgan fingerprint density at radius 2 is 0.940 bits per heavy atom. The first kappa shape index (κ1) is 50.4. The summed E-state index contributed by atoms with van der Waals surface area (Å²) < 4.78 is 1.48. The molecule has 1 aliphatic heterocycles. The Morgan fingerprint density at radius 3 is 1.34 bits per heavy atom. The van der Waals surface area contributed by atoms with E-state index in [0.717, 1.165) is 0 Å². The molecule has 2 bridgehead atoms. The van der Waals surface area contributed by atoms with Gasteiger partial charge in [-0.15, -0.1) is 5.10 Å². The summed E-state index contributed by atoms with van der Waals surface area (Å²) >= 11 is 0. The molecule has 5 rings (SSSR count). The number of aliphatic hydroxyl groups excluding tert-OH is 2. The lowest BCUT2D eigenvalue weighted by atomic mass is 10.0. The summed E-state index contributed by atoms with van der Waals surface area (Å²) in [6.07, 6.45) is 1.58. The number of benzene rings is 3. The van der Waals surface area contributed by atoms with Crippen LogP contribution < -0.4 is 43.4 Å². The Balaban J connectivity index is 1.49. The van der Waals surface area contributed by atoms with Crippen LogP contribution in [0.4, 0.5) is 0 Å². The van der Waals surface area contributed by atoms with Crippen LogP contribution in [0, 0.1) is 0 Å². The van der Waals surface area contributed by atoms with E-state index in [1.54, 1.807) is 6.20 Å². The van der Waals surface area contributed by atoms with Crippen LogP contribution in [0.1, 0.15) is 41.6 Å². The summed E-state index contributed by atoms with van der Waals surface area (Å²) in [5.41, 5.74) is 13.5. The molecule has 0 aliphatic carbocycles. The lowest BCUT2D eigenvalue weighted by Crippen LogP contribution is -2.61. The van der Waals surface area contributed by atoms with Crippen molar-refractivity contribution < 1.29 is 59.1 Å². The fourth-order valence-corrected chi connectivity index (χ4v) is 7.03. The van der Waals surface area contributed by atoms with Gasteiger partial charge in [0.05, 0.1) is 24.9 Å². The Bertz CT molecular complexity index is 2350. The predicted octanol–water partition coefficient (Wildman–Crippen LogP) is -3.44. The molecule has 23 nitrogen and oxygen atoms in total. The number of aromatic nitrogens is 3. The Labute approximate surface area is 383 Å². The normalized spacial score (nSPS) is 23.3. The standard InChI is InChI=1S/C44H55N11O12/c45-31-20-27-21-55(54-53-27)16-2-1-3-32(38(46)61)47-43(66)36(22-56)51-42(65)35(19-26-8-14-30(60)15-9-26)49-40(63)34(18-25-6-12-29(59)13-7-25)50-44(67)37(23-57)52-41(64)33(48-39(31)62)17-24-4-10-28(58)11-5-24/h4-15,21,31-37,56-60H,1-3,16-20,22-23,45H2,(H2,46,61)(H,47,66)(H,48,62)(H,49,63)(H,50,67)(H,51,65)(H,52,64). The van der Waals surface area contributed by atoms with E-state index in [4.69, 9.17) is 11.5 Å². The van der Waals surface area contributed by atoms with Crippen LogP contribution in [-0.2, 0) is 65.8 Å². The van der Waals surface area contributed by atoms with E-state index in [-0.39, 0.29) is 49.4 Å². The van der Waals surface area contributed by atoms with Crippen molar-refractivity contribution in [3.8, 4) is 17.2 Å². The van der Waals surface area contributed by atoms with Gasteiger partial charge in [0.25, 0.3) is 0 Å². The third-order valence-electron chi connectivity index (χ3n) is 10.8. The average molecular weight is 930 g/mol. The number of aromatic hydroxyl groups is 3. The maximum Gasteiger partial charge on any atom is 0.245 e. The van der Waals surface area contributed by atoms with Gasteiger partial charge in [0.15, 0.2) is 0 Å². The molecule has 0 spiro atoms. The van der Waals surface area contributed by atoms with Crippen LogP contribution in [0.3, 0.4) is 0 Å². The molecule has 0 fully saturated rings. The van der Waals surface area contributed by atoms with Gasteiger partial charge in [-0.25, -0.2) is 0 Å². The number of amides is 7. The first-order chi connectivity index (χ1) is 32.0. The molecule has 3 aromatic carbocycles. The summed E-state index contributed by atoms with van der Waals surface area (Å²) in [6, 6.07) is 6.66. The molecule has 0 saturated heterocycles. The molecule has 2 heterocycles. The number of carbonyl (C=O) groups excluding carboxylic acids is 7. The van der Waals surface area contributed by atoms with Crippen LogP contribution in [0.15, 0.2) is 79.0 Å². The molecule has 1 aliphatic rings. The summed E-state index contributed by atoms with van der Waals surface area (Å²) in [4.78, 5) is 95.5. The van der Waals surface area contributed by atoms with Crippen LogP contribution in [-0.4, -0.2) is 137 Å². The highest BCUT2D eigenvalue weighted by atomic mass is 16.3. The van der Waals surface area contributed by atoms with Crippen molar-refractivity contribution in [1.82, 2.24) is 46.9 Å². The number of phenols is 3. The van der Waals surface area contributed by atoms with E-state index >= 15 is 0 Å². The van der Waals surface area contributed by atoms with E-state index in [2.05, 4.69) is 42.2 Å². The quantitative estimate of drug-likeness (QED) is 0.0777. The highest BCUT2D eigenvalue weighted by molar-refractivity contribution is 5.97. The summed E-state index contributed by atoms with van der Waals surface area (Å²) in [7, 11) is 0. The molecule has 358 valence electrons. The molecule has 0 radical (unpaired) electrons. The maximum absolute atomic E-state index is 14.3. The number of aryl methyl sites for hydroxylation is 1. The van der Waals surface area contributed by atoms with Gasteiger partial charge in [-0.3, -0.25) is 38.2 Å². The number of fused-ring (bicyclic) bond motifs is 2. The van der Waals surface area contributed by atoms with Crippen molar-refractivity contribution in [3.63, 3.8) is 0 Å². The predicted molar refractivity (Wildman–Crippen MR) is 236 cm³/mol. The van der Waals surface area contributed by atoms with E-state index in [1.165, 1.54) is 77.5 Å². The van der Waals surface area contributed by atoms with E-state index < -0.39 is 96.9 Å². The van der Waals surface area contributed by atoms with Gasteiger partial charge >= 0.3 is 0 Å². The van der Waals surface area contributed by atoms with Crippen LogP contribution in [0.25, 0.3) is 0 Å². The highest BCUT2D eigenvalue weighted by Gasteiger charge is 2.34. The lowest BCUT2D eigenvalue weighted by Gasteiger charge is -2.27. The highest BCUT2D eigenvalue weighted by Crippen LogP contribution is 2.16. The van der Waals surface area contributed by atoms with Crippen molar-refractivity contribution >= 4 is 41.4 Å². The molecule has 0 saturated carbocycles. The Morgan fingerprint density at radius 1 is 0.567 bits per heavy atom. The first-order valence-corrected chi connectivity index (χ1v) is 21.3. The van der Waals surface area contributed by atoms with E-state index in [1.807, 2.05) is 0 Å². The zero-order chi connectivity index (χ0) is 48.6. The Hall–Kier alpha value is -7.63. The number of hydrogen-bond acceptors (Lipinski definition) is 15. The molecular weight excluding hydrogens is 875 g/mol. The Kier molecular flexibility index (Phi) is 18.1. The van der Waals surface area contributed by atoms with Gasteiger partial charge in [0.2, 0.25) is 41.4 Å². The third kappa shape index (κ3) is 15.2. The van der Waals surface area contributed by atoms with Crippen molar-refractivity contribution in [1.29, 1.82) is 0 Å². The second-order valence-corrected chi connectivity index (χ2v) is 16.0. The summed E-state index contributed by atoms with van der Waals surface area (Å²) in [5, 5.41) is 73.4. The van der Waals surface area contributed by atoms with Gasteiger partial charge in [0, 0.05) is 38.4 Å². The fourth-order valence-electron chi connectivity index (χ4n) is 7.03. The number of primary amides is 1. The second kappa shape index (κ2) is 24.1. The van der Waals surface area contributed by atoms with Crippen molar-refractivity contribution in [2.75, 3.05) is 13.2 Å². The zero-order valence-corrected chi connectivity index (χ0v) is 36.2. The topological polar surface area (TPSA) is 376 Å². The summed E-state index contributed by atoms with van der Waals surface area (Å²) in [6.45, 7) is -1.64. The number of rotatable bonds is 9. The van der Waals surface area contributed by atoms with Crippen molar-refractivity contribution in [2.45, 2.75) is 93.8 Å². The number of phenolic OH excluding ortho intramolecular Hbond substituents is 3. The van der Waals surface area contributed by atoms with Crippen LogP contribution >= 0.6 is 0 Å². The molecule has 4 aromatic rings. The monoisotopic (exact) mass is 929 g/mol. The lowest BCUT2D eigenvalue weighted by molar-refractivity contribution is -0.136. The average Bonchev–Trinajstić information content (AvgIpc) is 3.75. The zero-order valence-electron chi connectivity index (χ0n) is 36.2. The fraction of sp³-hybridized carbons (Fsp3) is 0.386. The smallest absolute Gasteiger partial charge is 0.245 e. The first-order valence-electron chi connectivity index (χ1n) is 21.3. The molecule has 67 heavy (non-hydrogen) atoms. The molecule has 7 unspecified atom stereocenters. The molecule has 23 heteroatoms. The SMILES string of the molecule is NC(=O)C1CCCCn2cc(nn2)CC(N)C(=O)NC(Cc2ccc(O)cc2)C(=O)NC(CO)C(=O)NC(Cc2ccc(O)cc2)C(=O)NC(Cc2ccc(O)cc2)C(=O)NC(CO)C(=O)N1. The number of hydrogen-bond donors (Lipinski definition) is 13. The van der Waals surface area contributed by atoms with E-state index in [0.29, 0.717) is 41.8 Å².